The minimum Gasteiger partial charge on any atom is -0.488 e. The Balaban J connectivity index is 2.19. The van der Waals surface area contributed by atoms with Crippen molar-refractivity contribution in [3.05, 3.63) is 58.4 Å². The van der Waals surface area contributed by atoms with E-state index in [1.54, 1.807) is 6.07 Å². The van der Waals surface area contributed by atoms with Gasteiger partial charge < -0.3 is 10.1 Å². The first-order chi connectivity index (χ1) is 9.11. The number of benzene rings is 2. The molecule has 0 amide bonds. The molecule has 0 unspecified atom stereocenters. The fourth-order valence-electron chi connectivity index (χ4n) is 1.86. The van der Waals surface area contributed by atoms with Crippen LogP contribution in [0.25, 0.3) is 0 Å². The molecule has 2 aromatic rings. The fraction of sp³-hybridized carbons (Fsp3) is 0.200. The summed E-state index contributed by atoms with van der Waals surface area (Å²) in [5, 5.41) is 3.72. The van der Waals surface area contributed by atoms with Crippen LogP contribution in [0, 0.1) is 12.7 Å². The van der Waals surface area contributed by atoms with E-state index >= 15 is 0 Å². The Morgan fingerprint density at radius 1 is 1.26 bits per heavy atom. The molecule has 0 spiro atoms. The van der Waals surface area contributed by atoms with Crippen molar-refractivity contribution < 1.29 is 9.13 Å². The van der Waals surface area contributed by atoms with E-state index in [9.17, 15) is 4.39 Å². The smallest absolute Gasteiger partial charge is 0.123 e. The maximum atomic E-state index is 13.0. The van der Waals surface area contributed by atoms with Gasteiger partial charge in [-0.25, -0.2) is 4.39 Å². The second kappa shape index (κ2) is 5.93. The molecule has 2 nitrogen and oxygen atoms in total. The molecule has 0 bridgehead atoms. The third-order valence-corrected chi connectivity index (χ3v) is 3.25. The highest BCUT2D eigenvalue weighted by Gasteiger charge is 2.08. The van der Waals surface area contributed by atoms with Gasteiger partial charge in [0.25, 0.3) is 0 Å². The van der Waals surface area contributed by atoms with Gasteiger partial charge in [0.2, 0.25) is 0 Å². The van der Waals surface area contributed by atoms with Crippen molar-refractivity contribution in [3.8, 4) is 5.75 Å². The fourth-order valence-corrected chi connectivity index (χ4v) is 2.09. The van der Waals surface area contributed by atoms with E-state index in [1.807, 2.05) is 32.2 Å². The lowest BCUT2D eigenvalue weighted by Crippen LogP contribution is -2.02. The van der Waals surface area contributed by atoms with Gasteiger partial charge in [-0.3, -0.25) is 0 Å². The molecular formula is C15H15ClFNO. The Kier molecular flexibility index (Phi) is 4.27. The summed E-state index contributed by atoms with van der Waals surface area (Å²) in [7, 11) is 1.83. The highest BCUT2D eigenvalue weighted by Crippen LogP contribution is 2.27. The topological polar surface area (TPSA) is 21.3 Å². The molecule has 0 atom stereocenters. The summed E-state index contributed by atoms with van der Waals surface area (Å²) in [5.41, 5.74) is 2.57. The monoisotopic (exact) mass is 279 g/mol. The summed E-state index contributed by atoms with van der Waals surface area (Å²) in [6.45, 7) is 2.15. The first kappa shape index (κ1) is 13.7. The van der Waals surface area contributed by atoms with Crippen LogP contribution in [0.2, 0.25) is 5.02 Å². The lowest BCUT2D eigenvalue weighted by atomic mass is 10.2. The third kappa shape index (κ3) is 3.18. The number of rotatable bonds is 4. The number of halogens is 2. The maximum Gasteiger partial charge on any atom is 0.123 e. The van der Waals surface area contributed by atoms with Crippen LogP contribution >= 0.6 is 11.6 Å². The average molecular weight is 280 g/mol. The Bertz CT molecular complexity index is 586. The van der Waals surface area contributed by atoms with Gasteiger partial charge in [-0.15, -0.1) is 0 Å². The van der Waals surface area contributed by atoms with Crippen LogP contribution in [-0.2, 0) is 6.61 Å². The van der Waals surface area contributed by atoms with Crippen LogP contribution < -0.4 is 10.1 Å². The van der Waals surface area contributed by atoms with Crippen molar-refractivity contribution >= 4 is 17.3 Å². The molecule has 2 rings (SSSR count). The van der Waals surface area contributed by atoms with E-state index in [0.717, 1.165) is 16.8 Å². The molecule has 0 heterocycles. The maximum absolute atomic E-state index is 13.0. The first-order valence-electron chi connectivity index (χ1n) is 5.96. The van der Waals surface area contributed by atoms with Crippen LogP contribution in [0.1, 0.15) is 11.1 Å². The van der Waals surface area contributed by atoms with Gasteiger partial charge >= 0.3 is 0 Å². The zero-order valence-electron chi connectivity index (χ0n) is 10.8. The zero-order chi connectivity index (χ0) is 13.8. The summed E-state index contributed by atoms with van der Waals surface area (Å²) < 4.78 is 18.7. The molecule has 0 aliphatic rings. The molecule has 0 aliphatic carbocycles. The Hall–Kier alpha value is -1.74. The Morgan fingerprint density at radius 2 is 2.05 bits per heavy atom. The Morgan fingerprint density at radius 3 is 2.74 bits per heavy atom. The Labute approximate surface area is 117 Å². The average Bonchev–Trinajstić information content (AvgIpc) is 2.39. The SMILES string of the molecule is CNc1cccc(Cl)c1COc1ccc(F)cc1C. The van der Waals surface area contributed by atoms with E-state index in [4.69, 9.17) is 16.3 Å². The first-order valence-corrected chi connectivity index (χ1v) is 6.33. The molecule has 0 aliphatic heterocycles. The summed E-state index contributed by atoms with van der Waals surface area (Å²) >= 11 is 6.16. The molecule has 100 valence electrons. The minimum absolute atomic E-state index is 0.265. The quantitative estimate of drug-likeness (QED) is 0.895. The van der Waals surface area contributed by atoms with Crippen LogP contribution in [0.15, 0.2) is 36.4 Å². The van der Waals surface area contributed by atoms with Gasteiger partial charge in [0.15, 0.2) is 0 Å². The van der Waals surface area contributed by atoms with Gasteiger partial charge in [0.1, 0.15) is 18.2 Å². The van der Waals surface area contributed by atoms with Crippen LogP contribution in [-0.4, -0.2) is 7.05 Å². The van der Waals surface area contributed by atoms with Crippen molar-refractivity contribution in [2.45, 2.75) is 13.5 Å². The van der Waals surface area contributed by atoms with Gasteiger partial charge in [-0.1, -0.05) is 17.7 Å². The number of ether oxygens (including phenoxy) is 1. The molecule has 4 heteroatoms. The second-order valence-electron chi connectivity index (χ2n) is 4.21. The van der Waals surface area contributed by atoms with Crippen molar-refractivity contribution in [1.82, 2.24) is 0 Å². The molecule has 2 aromatic carbocycles. The van der Waals surface area contributed by atoms with Crippen LogP contribution in [0.4, 0.5) is 10.1 Å². The molecule has 0 radical (unpaired) electrons. The van der Waals surface area contributed by atoms with Crippen molar-refractivity contribution in [2.24, 2.45) is 0 Å². The molecule has 0 aromatic heterocycles. The highest BCUT2D eigenvalue weighted by atomic mass is 35.5. The number of aryl methyl sites for hydroxylation is 1. The van der Waals surface area contributed by atoms with E-state index in [-0.39, 0.29) is 5.82 Å². The number of hydrogen-bond acceptors (Lipinski definition) is 2. The number of hydrogen-bond donors (Lipinski definition) is 1. The van der Waals surface area contributed by atoms with Gasteiger partial charge in [-0.2, -0.15) is 0 Å². The van der Waals surface area contributed by atoms with Crippen LogP contribution in [0.3, 0.4) is 0 Å². The van der Waals surface area contributed by atoms with E-state index in [1.165, 1.54) is 12.1 Å². The summed E-state index contributed by atoms with van der Waals surface area (Å²) in [4.78, 5) is 0. The number of anilines is 1. The van der Waals surface area contributed by atoms with Gasteiger partial charge in [-0.05, 0) is 42.8 Å². The predicted octanol–water partition coefficient (Wildman–Crippen LogP) is 4.41. The van der Waals surface area contributed by atoms with Crippen LogP contribution in [0.5, 0.6) is 5.75 Å². The summed E-state index contributed by atoms with van der Waals surface area (Å²) in [6, 6.07) is 10.1. The number of nitrogens with one attached hydrogen (secondary N) is 1. The molecule has 0 saturated carbocycles. The molecule has 0 fully saturated rings. The lowest BCUT2D eigenvalue weighted by molar-refractivity contribution is 0.304. The van der Waals surface area contributed by atoms with E-state index in [0.29, 0.717) is 17.4 Å². The van der Waals surface area contributed by atoms with E-state index < -0.39 is 0 Å². The van der Waals surface area contributed by atoms with Crippen molar-refractivity contribution in [1.29, 1.82) is 0 Å². The molecule has 1 N–H and O–H groups in total. The van der Waals surface area contributed by atoms with Crippen molar-refractivity contribution in [3.63, 3.8) is 0 Å². The molecule has 19 heavy (non-hydrogen) atoms. The molecule has 0 saturated heterocycles. The third-order valence-electron chi connectivity index (χ3n) is 2.90. The lowest BCUT2D eigenvalue weighted by Gasteiger charge is -2.13. The predicted molar refractivity (Wildman–Crippen MR) is 76.5 cm³/mol. The van der Waals surface area contributed by atoms with Gasteiger partial charge in [0, 0.05) is 23.3 Å². The standard InChI is InChI=1S/C15H15ClFNO/c1-10-8-11(17)6-7-15(10)19-9-12-13(16)4-3-5-14(12)18-2/h3-8,18H,9H2,1-2H3. The van der Waals surface area contributed by atoms with Crippen molar-refractivity contribution in [2.75, 3.05) is 12.4 Å². The molecular weight excluding hydrogens is 265 g/mol. The van der Waals surface area contributed by atoms with E-state index in [2.05, 4.69) is 5.32 Å². The highest BCUT2D eigenvalue weighted by molar-refractivity contribution is 6.31. The second-order valence-corrected chi connectivity index (χ2v) is 4.62. The summed E-state index contributed by atoms with van der Waals surface area (Å²) in [6.07, 6.45) is 0. The van der Waals surface area contributed by atoms with Gasteiger partial charge in [0.05, 0.1) is 0 Å². The largest absolute Gasteiger partial charge is 0.488 e. The normalized spacial score (nSPS) is 10.3. The minimum atomic E-state index is -0.265. The summed E-state index contributed by atoms with van der Waals surface area (Å²) in [5.74, 6) is 0.391. The zero-order valence-corrected chi connectivity index (χ0v) is 11.6.